The fraction of sp³-hybridized carbons (Fsp3) is 0.417. The van der Waals surface area contributed by atoms with Gasteiger partial charge in [-0.25, -0.2) is 0 Å². The maximum atomic E-state index is 11.2. The number of nitrogens with two attached hydrogens (primary N) is 2. The number of primary amides is 1. The van der Waals surface area contributed by atoms with Crippen molar-refractivity contribution in [3.8, 4) is 0 Å². The largest absolute Gasteiger partial charge is 0.366 e. The van der Waals surface area contributed by atoms with Gasteiger partial charge in [0.1, 0.15) is 0 Å². The van der Waals surface area contributed by atoms with Crippen LogP contribution in [-0.2, 0) is 5.75 Å². The summed E-state index contributed by atoms with van der Waals surface area (Å²) in [5.41, 5.74) is 12.7. The van der Waals surface area contributed by atoms with E-state index >= 15 is 0 Å². The molecule has 0 saturated carbocycles. The summed E-state index contributed by atoms with van der Waals surface area (Å²) in [4.78, 5) is 11.2. The fourth-order valence-electron chi connectivity index (χ4n) is 1.32. The highest BCUT2D eigenvalue weighted by Gasteiger charge is 2.07. The average molecular weight is 238 g/mol. The summed E-state index contributed by atoms with van der Waals surface area (Å²) in [7, 11) is 0. The SMILES string of the molecule is CCC(N)CSCc1ccccc1C(N)=O. The van der Waals surface area contributed by atoms with Crippen LogP contribution in [0.3, 0.4) is 0 Å². The van der Waals surface area contributed by atoms with Gasteiger partial charge in [-0.2, -0.15) is 11.8 Å². The minimum Gasteiger partial charge on any atom is -0.366 e. The molecule has 1 aromatic carbocycles. The van der Waals surface area contributed by atoms with Gasteiger partial charge in [0.15, 0.2) is 0 Å². The molecule has 3 nitrogen and oxygen atoms in total. The first kappa shape index (κ1) is 13.1. The lowest BCUT2D eigenvalue weighted by atomic mass is 10.1. The van der Waals surface area contributed by atoms with Crippen molar-refractivity contribution in [1.29, 1.82) is 0 Å². The highest BCUT2D eigenvalue weighted by Crippen LogP contribution is 2.17. The lowest BCUT2D eigenvalue weighted by Crippen LogP contribution is -2.21. The molecule has 1 rings (SSSR count). The van der Waals surface area contributed by atoms with E-state index < -0.39 is 0 Å². The second-order valence-corrected chi connectivity index (χ2v) is 4.74. The van der Waals surface area contributed by atoms with E-state index in [4.69, 9.17) is 11.5 Å². The Morgan fingerprint density at radius 1 is 1.44 bits per heavy atom. The molecule has 1 unspecified atom stereocenters. The second kappa shape index (κ2) is 6.55. The first-order chi connectivity index (χ1) is 7.65. The van der Waals surface area contributed by atoms with E-state index in [2.05, 4.69) is 6.92 Å². The van der Waals surface area contributed by atoms with Crippen molar-refractivity contribution in [1.82, 2.24) is 0 Å². The summed E-state index contributed by atoms with van der Waals surface area (Å²) in [5.74, 6) is 1.33. The molecule has 0 aliphatic carbocycles. The quantitative estimate of drug-likeness (QED) is 0.793. The topological polar surface area (TPSA) is 69.1 Å². The standard InChI is InChI=1S/C12H18N2OS/c1-2-10(13)8-16-7-9-5-3-4-6-11(9)12(14)15/h3-6,10H,2,7-8,13H2,1H3,(H2,14,15). The number of thioether (sulfide) groups is 1. The van der Waals surface area contributed by atoms with Gasteiger partial charge in [0.2, 0.25) is 5.91 Å². The first-order valence-corrected chi connectivity index (χ1v) is 6.51. The molecule has 0 radical (unpaired) electrons. The first-order valence-electron chi connectivity index (χ1n) is 5.36. The Morgan fingerprint density at radius 3 is 2.75 bits per heavy atom. The van der Waals surface area contributed by atoms with Crippen molar-refractivity contribution in [3.63, 3.8) is 0 Å². The molecular weight excluding hydrogens is 220 g/mol. The van der Waals surface area contributed by atoms with Gasteiger partial charge in [-0.15, -0.1) is 0 Å². The van der Waals surface area contributed by atoms with Crippen LogP contribution >= 0.6 is 11.8 Å². The molecule has 1 atom stereocenters. The predicted octanol–water partition coefficient (Wildman–Crippen LogP) is 1.76. The van der Waals surface area contributed by atoms with Crippen LogP contribution in [-0.4, -0.2) is 17.7 Å². The third kappa shape index (κ3) is 3.87. The molecule has 16 heavy (non-hydrogen) atoms. The number of hydrogen-bond acceptors (Lipinski definition) is 3. The summed E-state index contributed by atoms with van der Waals surface area (Å²) < 4.78 is 0. The maximum absolute atomic E-state index is 11.2. The minimum absolute atomic E-state index is 0.228. The van der Waals surface area contributed by atoms with Crippen molar-refractivity contribution < 1.29 is 4.79 Å². The smallest absolute Gasteiger partial charge is 0.249 e. The van der Waals surface area contributed by atoms with Crippen LogP contribution in [0.2, 0.25) is 0 Å². The Labute approximate surface area is 101 Å². The fourth-order valence-corrected chi connectivity index (χ4v) is 2.45. The van der Waals surface area contributed by atoms with Crippen LogP contribution in [0.25, 0.3) is 0 Å². The molecule has 1 aromatic rings. The van der Waals surface area contributed by atoms with Gasteiger partial charge < -0.3 is 11.5 Å². The summed E-state index contributed by atoms with van der Waals surface area (Å²) in [6.45, 7) is 2.07. The van der Waals surface area contributed by atoms with Gasteiger partial charge in [0, 0.05) is 23.1 Å². The number of benzene rings is 1. The Balaban J connectivity index is 2.56. The van der Waals surface area contributed by atoms with E-state index in [0.29, 0.717) is 5.56 Å². The van der Waals surface area contributed by atoms with Crippen molar-refractivity contribution in [2.24, 2.45) is 11.5 Å². The van der Waals surface area contributed by atoms with Gasteiger partial charge in [0.25, 0.3) is 0 Å². The van der Waals surface area contributed by atoms with Crippen LogP contribution in [0.5, 0.6) is 0 Å². The normalized spacial score (nSPS) is 12.4. The molecule has 0 aliphatic rings. The van der Waals surface area contributed by atoms with E-state index in [1.54, 1.807) is 17.8 Å². The van der Waals surface area contributed by atoms with Gasteiger partial charge in [-0.3, -0.25) is 4.79 Å². The zero-order valence-electron chi connectivity index (χ0n) is 9.48. The van der Waals surface area contributed by atoms with Gasteiger partial charge >= 0.3 is 0 Å². The number of rotatable bonds is 6. The lowest BCUT2D eigenvalue weighted by molar-refractivity contribution is 0.0999. The summed E-state index contributed by atoms with van der Waals surface area (Å²) in [6, 6.07) is 7.67. The zero-order chi connectivity index (χ0) is 12.0. The molecular formula is C12H18N2OS. The van der Waals surface area contributed by atoms with Crippen molar-refractivity contribution in [3.05, 3.63) is 35.4 Å². The monoisotopic (exact) mass is 238 g/mol. The van der Waals surface area contributed by atoms with E-state index in [0.717, 1.165) is 23.5 Å². The molecule has 0 aromatic heterocycles. The third-order valence-electron chi connectivity index (χ3n) is 2.40. The number of carbonyl (C=O) groups is 1. The summed E-state index contributed by atoms with van der Waals surface area (Å²) >= 11 is 1.74. The van der Waals surface area contributed by atoms with Crippen molar-refractivity contribution >= 4 is 17.7 Å². The Bertz CT molecular complexity index is 355. The zero-order valence-corrected chi connectivity index (χ0v) is 10.3. The van der Waals surface area contributed by atoms with Crippen molar-refractivity contribution in [2.75, 3.05) is 5.75 Å². The maximum Gasteiger partial charge on any atom is 0.249 e. The Hall–Kier alpha value is -1.00. The van der Waals surface area contributed by atoms with Crippen LogP contribution in [0.1, 0.15) is 29.3 Å². The predicted molar refractivity (Wildman–Crippen MR) is 69.4 cm³/mol. The molecule has 0 fully saturated rings. The van der Waals surface area contributed by atoms with E-state index in [-0.39, 0.29) is 11.9 Å². The van der Waals surface area contributed by atoms with Gasteiger partial charge in [0.05, 0.1) is 0 Å². The number of carbonyl (C=O) groups excluding carboxylic acids is 1. The second-order valence-electron chi connectivity index (χ2n) is 3.70. The highest BCUT2D eigenvalue weighted by atomic mass is 32.2. The number of amides is 1. The van der Waals surface area contributed by atoms with Crippen LogP contribution < -0.4 is 11.5 Å². The molecule has 1 amide bonds. The number of hydrogen-bond donors (Lipinski definition) is 2. The molecule has 0 heterocycles. The van der Waals surface area contributed by atoms with Gasteiger partial charge in [-0.05, 0) is 18.1 Å². The Morgan fingerprint density at radius 2 is 2.12 bits per heavy atom. The molecule has 4 heteroatoms. The molecule has 0 saturated heterocycles. The third-order valence-corrected chi connectivity index (χ3v) is 3.58. The molecule has 88 valence electrons. The molecule has 0 spiro atoms. The molecule has 0 aliphatic heterocycles. The lowest BCUT2D eigenvalue weighted by Gasteiger charge is -2.09. The van der Waals surface area contributed by atoms with E-state index in [1.165, 1.54) is 0 Å². The van der Waals surface area contributed by atoms with Crippen LogP contribution in [0.4, 0.5) is 0 Å². The van der Waals surface area contributed by atoms with Crippen molar-refractivity contribution in [2.45, 2.75) is 25.1 Å². The van der Waals surface area contributed by atoms with Gasteiger partial charge in [-0.1, -0.05) is 25.1 Å². The van der Waals surface area contributed by atoms with Crippen LogP contribution in [0, 0.1) is 0 Å². The average Bonchev–Trinajstić information content (AvgIpc) is 2.29. The van der Waals surface area contributed by atoms with E-state index in [1.807, 2.05) is 18.2 Å². The summed E-state index contributed by atoms with van der Waals surface area (Å²) in [6.07, 6.45) is 0.977. The Kier molecular flexibility index (Phi) is 5.35. The summed E-state index contributed by atoms with van der Waals surface area (Å²) in [5, 5.41) is 0. The van der Waals surface area contributed by atoms with Crippen LogP contribution in [0.15, 0.2) is 24.3 Å². The van der Waals surface area contributed by atoms with E-state index in [9.17, 15) is 4.79 Å². The minimum atomic E-state index is -0.365. The molecule has 0 bridgehead atoms. The highest BCUT2D eigenvalue weighted by molar-refractivity contribution is 7.98. The molecule has 4 N–H and O–H groups in total.